The highest BCUT2D eigenvalue weighted by Gasteiger charge is 2.48. The molecule has 2 saturated heterocycles. The van der Waals surface area contributed by atoms with Gasteiger partial charge in [-0.3, -0.25) is 4.79 Å². The van der Waals surface area contributed by atoms with E-state index in [1.807, 2.05) is 0 Å². The summed E-state index contributed by atoms with van der Waals surface area (Å²) in [5, 5.41) is 0. The summed E-state index contributed by atoms with van der Waals surface area (Å²) in [5.41, 5.74) is 0. The fourth-order valence-electron chi connectivity index (χ4n) is 3.65. The molecule has 18 heavy (non-hydrogen) atoms. The van der Waals surface area contributed by atoms with Crippen LogP contribution in [0.5, 0.6) is 0 Å². The van der Waals surface area contributed by atoms with E-state index in [4.69, 9.17) is 14.2 Å². The van der Waals surface area contributed by atoms with Crippen LogP contribution in [0.25, 0.3) is 0 Å². The molecule has 0 aromatic carbocycles. The molecule has 2 aliphatic carbocycles. The monoisotopic (exact) mass is 252 g/mol. The van der Waals surface area contributed by atoms with Gasteiger partial charge in [-0.1, -0.05) is 6.42 Å². The van der Waals surface area contributed by atoms with Crippen LogP contribution < -0.4 is 0 Å². The molecule has 2 saturated carbocycles. The van der Waals surface area contributed by atoms with Gasteiger partial charge in [-0.15, -0.1) is 0 Å². The van der Waals surface area contributed by atoms with Crippen LogP contribution in [-0.4, -0.2) is 37.0 Å². The quantitative estimate of drug-likeness (QED) is 0.566. The fourth-order valence-corrected chi connectivity index (χ4v) is 3.65. The molecule has 0 aromatic heterocycles. The summed E-state index contributed by atoms with van der Waals surface area (Å²) in [6.45, 7) is 0.561. The molecule has 2 aliphatic heterocycles. The highest BCUT2D eigenvalue weighted by atomic mass is 16.6. The topological polar surface area (TPSA) is 51.4 Å². The van der Waals surface area contributed by atoms with E-state index in [0.717, 1.165) is 25.7 Å². The van der Waals surface area contributed by atoms with Gasteiger partial charge in [0, 0.05) is 5.92 Å². The number of carbonyl (C=O) groups excluding carboxylic acids is 1. The van der Waals surface area contributed by atoms with E-state index in [-0.39, 0.29) is 11.9 Å². The third-order valence-electron chi connectivity index (χ3n) is 4.93. The second kappa shape index (κ2) is 4.20. The number of rotatable bonds is 3. The average molecular weight is 252 g/mol. The SMILES string of the molecule is O=C(OCC1CCCC2OC12)C1CCC2OC2C1. The van der Waals surface area contributed by atoms with Gasteiger partial charge in [0.1, 0.15) is 0 Å². The molecule has 4 aliphatic rings. The summed E-state index contributed by atoms with van der Waals surface area (Å²) in [4.78, 5) is 12.0. The highest BCUT2D eigenvalue weighted by molar-refractivity contribution is 5.72. The van der Waals surface area contributed by atoms with Crippen LogP contribution in [0.15, 0.2) is 0 Å². The lowest BCUT2D eigenvalue weighted by molar-refractivity contribution is -0.151. The first-order valence-corrected chi connectivity index (χ1v) is 7.29. The number of ether oxygens (including phenoxy) is 3. The molecule has 0 bridgehead atoms. The van der Waals surface area contributed by atoms with Gasteiger partial charge in [0.25, 0.3) is 0 Å². The van der Waals surface area contributed by atoms with Crippen molar-refractivity contribution in [3.63, 3.8) is 0 Å². The van der Waals surface area contributed by atoms with E-state index in [9.17, 15) is 4.79 Å². The Balaban J connectivity index is 1.25. The molecule has 0 N–H and O–H groups in total. The van der Waals surface area contributed by atoms with Gasteiger partial charge in [0.2, 0.25) is 0 Å². The van der Waals surface area contributed by atoms with Crippen molar-refractivity contribution in [2.45, 2.75) is 62.9 Å². The number of hydrogen-bond donors (Lipinski definition) is 0. The zero-order valence-corrected chi connectivity index (χ0v) is 10.5. The second-order valence-corrected chi connectivity index (χ2v) is 6.18. The van der Waals surface area contributed by atoms with Crippen molar-refractivity contribution in [3.8, 4) is 0 Å². The van der Waals surface area contributed by atoms with Crippen LogP contribution >= 0.6 is 0 Å². The molecule has 4 fully saturated rings. The maximum absolute atomic E-state index is 12.0. The molecular formula is C14H20O4. The summed E-state index contributed by atoms with van der Waals surface area (Å²) in [5.74, 6) is 0.515. The van der Waals surface area contributed by atoms with E-state index in [1.165, 1.54) is 12.8 Å². The third-order valence-corrected chi connectivity index (χ3v) is 4.93. The summed E-state index contributed by atoms with van der Waals surface area (Å²) in [7, 11) is 0. The minimum absolute atomic E-state index is 0.00766. The summed E-state index contributed by atoms with van der Waals surface area (Å²) >= 11 is 0. The van der Waals surface area contributed by atoms with Crippen molar-refractivity contribution >= 4 is 5.97 Å². The molecule has 0 radical (unpaired) electrons. The van der Waals surface area contributed by atoms with Crippen molar-refractivity contribution in [1.29, 1.82) is 0 Å². The molecule has 100 valence electrons. The Kier molecular flexibility index (Phi) is 2.62. The number of epoxide rings is 2. The molecule has 4 rings (SSSR count). The highest BCUT2D eigenvalue weighted by Crippen LogP contribution is 2.42. The Bertz CT molecular complexity index is 356. The predicted octanol–water partition coefficient (Wildman–Crippen LogP) is 1.66. The minimum atomic E-state index is -0.00766. The van der Waals surface area contributed by atoms with Gasteiger partial charge >= 0.3 is 5.97 Å². The Labute approximate surface area is 107 Å². The fraction of sp³-hybridized carbons (Fsp3) is 0.929. The molecular weight excluding hydrogens is 232 g/mol. The predicted molar refractivity (Wildman–Crippen MR) is 63.0 cm³/mol. The first-order chi connectivity index (χ1) is 8.81. The maximum atomic E-state index is 12.0. The summed E-state index contributed by atoms with van der Waals surface area (Å²) in [6.07, 6.45) is 8.04. The normalized spacial score (nSPS) is 48.9. The first kappa shape index (κ1) is 11.2. The maximum Gasteiger partial charge on any atom is 0.309 e. The van der Waals surface area contributed by atoms with E-state index in [0.29, 0.717) is 36.9 Å². The Morgan fingerprint density at radius 2 is 2.00 bits per heavy atom. The van der Waals surface area contributed by atoms with E-state index in [1.54, 1.807) is 0 Å². The molecule has 4 nitrogen and oxygen atoms in total. The van der Waals surface area contributed by atoms with E-state index < -0.39 is 0 Å². The van der Waals surface area contributed by atoms with Gasteiger partial charge in [-0.2, -0.15) is 0 Å². The van der Waals surface area contributed by atoms with Crippen molar-refractivity contribution < 1.29 is 19.0 Å². The van der Waals surface area contributed by atoms with Gasteiger partial charge in [0.05, 0.1) is 36.9 Å². The van der Waals surface area contributed by atoms with Crippen molar-refractivity contribution in [2.75, 3.05) is 6.61 Å². The molecule has 0 amide bonds. The van der Waals surface area contributed by atoms with E-state index >= 15 is 0 Å². The van der Waals surface area contributed by atoms with Crippen LogP contribution in [-0.2, 0) is 19.0 Å². The molecule has 6 unspecified atom stereocenters. The van der Waals surface area contributed by atoms with Crippen molar-refractivity contribution in [3.05, 3.63) is 0 Å². The lowest BCUT2D eigenvalue weighted by Gasteiger charge is -2.21. The smallest absolute Gasteiger partial charge is 0.309 e. The number of carbonyl (C=O) groups is 1. The minimum Gasteiger partial charge on any atom is -0.465 e. The molecule has 0 aromatic rings. The largest absolute Gasteiger partial charge is 0.465 e. The number of esters is 1. The van der Waals surface area contributed by atoms with Crippen molar-refractivity contribution in [2.24, 2.45) is 11.8 Å². The molecule has 6 atom stereocenters. The molecule has 2 heterocycles. The lowest BCUT2D eigenvalue weighted by atomic mass is 9.88. The Hall–Kier alpha value is -0.610. The number of fused-ring (bicyclic) bond motifs is 2. The van der Waals surface area contributed by atoms with Gasteiger partial charge in [-0.25, -0.2) is 0 Å². The standard InChI is InChI=1S/C14H20O4/c15-14(8-4-5-10-12(6-8)17-10)16-7-9-2-1-3-11-13(9)18-11/h8-13H,1-7H2. The third kappa shape index (κ3) is 2.05. The van der Waals surface area contributed by atoms with Crippen LogP contribution in [0, 0.1) is 11.8 Å². The van der Waals surface area contributed by atoms with Crippen LogP contribution in [0.3, 0.4) is 0 Å². The van der Waals surface area contributed by atoms with Crippen LogP contribution in [0.2, 0.25) is 0 Å². The molecule has 4 heteroatoms. The average Bonchev–Trinajstić information content (AvgIpc) is 3.26. The first-order valence-electron chi connectivity index (χ1n) is 7.29. The second-order valence-electron chi connectivity index (χ2n) is 6.18. The van der Waals surface area contributed by atoms with Crippen LogP contribution in [0.4, 0.5) is 0 Å². The van der Waals surface area contributed by atoms with Gasteiger partial charge in [0.15, 0.2) is 0 Å². The van der Waals surface area contributed by atoms with Gasteiger partial charge in [-0.05, 0) is 32.1 Å². The van der Waals surface area contributed by atoms with Crippen molar-refractivity contribution in [1.82, 2.24) is 0 Å². The summed E-state index contributed by atoms with van der Waals surface area (Å²) in [6, 6.07) is 0. The Morgan fingerprint density at radius 1 is 1.06 bits per heavy atom. The lowest BCUT2D eigenvalue weighted by Crippen LogP contribution is -2.28. The zero-order valence-electron chi connectivity index (χ0n) is 10.5. The van der Waals surface area contributed by atoms with Gasteiger partial charge < -0.3 is 14.2 Å². The zero-order chi connectivity index (χ0) is 12.1. The van der Waals surface area contributed by atoms with Crippen LogP contribution in [0.1, 0.15) is 38.5 Å². The summed E-state index contributed by atoms with van der Waals surface area (Å²) < 4.78 is 16.5. The Morgan fingerprint density at radius 3 is 2.89 bits per heavy atom. The number of hydrogen-bond acceptors (Lipinski definition) is 4. The van der Waals surface area contributed by atoms with E-state index in [2.05, 4.69) is 0 Å². The molecule has 0 spiro atoms.